The van der Waals surface area contributed by atoms with Crippen LogP contribution in [0, 0.1) is 0 Å². The van der Waals surface area contributed by atoms with Gasteiger partial charge in [0.2, 0.25) is 5.91 Å². The molecule has 2 aromatic carbocycles. The van der Waals surface area contributed by atoms with E-state index in [1.54, 1.807) is 50.2 Å². The Morgan fingerprint density at radius 2 is 1.83 bits per heavy atom. The van der Waals surface area contributed by atoms with E-state index in [1.807, 2.05) is 6.07 Å². The molecule has 1 unspecified atom stereocenters. The molecule has 0 aliphatic carbocycles. The molecule has 1 heterocycles. The van der Waals surface area contributed by atoms with Gasteiger partial charge in [0.1, 0.15) is 11.5 Å². The summed E-state index contributed by atoms with van der Waals surface area (Å²) in [5.74, 6) is 0.142. The number of hydrogen-bond acceptors (Lipinski definition) is 9. The van der Waals surface area contributed by atoms with Crippen molar-refractivity contribution < 1.29 is 37.5 Å². The summed E-state index contributed by atoms with van der Waals surface area (Å²) in [4.78, 5) is 36.3. The minimum absolute atomic E-state index is 0.202. The number of rotatable bonds is 13. The Balaban J connectivity index is 1.64. The molecule has 3 amide bonds. The van der Waals surface area contributed by atoms with E-state index in [0.717, 1.165) is 22.9 Å². The minimum Gasteiger partial charge on any atom is -0.496 e. The van der Waals surface area contributed by atoms with Gasteiger partial charge in [0.25, 0.3) is 11.1 Å². The van der Waals surface area contributed by atoms with E-state index < -0.39 is 12.8 Å². The Morgan fingerprint density at radius 1 is 1.08 bits per heavy atom. The van der Waals surface area contributed by atoms with Crippen LogP contribution in [-0.4, -0.2) is 49.0 Å². The third-order valence-corrected chi connectivity index (χ3v) is 7.82. The van der Waals surface area contributed by atoms with Crippen LogP contribution in [0.1, 0.15) is 35.3 Å². The summed E-state index contributed by atoms with van der Waals surface area (Å²) in [7, 11) is -1.89. The molecule has 2 N–H and O–H groups in total. The number of carbonyl (C=O) groups is 3. The van der Waals surface area contributed by atoms with Crippen molar-refractivity contribution in [3.05, 3.63) is 59.2 Å². The van der Waals surface area contributed by atoms with Crippen LogP contribution in [0.5, 0.6) is 11.5 Å². The molecule has 0 bridgehead atoms. The molecule has 1 atom stereocenters. The number of carbonyl (C=O) groups excluding carboxylic acids is 3. The summed E-state index contributed by atoms with van der Waals surface area (Å²) < 4.78 is 34.0. The molecular weight excluding hydrogens is 507 g/mol. The zero-order valence-electron chi connectivity index (χ0n) is 20.3. The molecule has 10 nitrogen and oxygen atoms in total. The van der Waals surface area contributed by atoms with Gasteiger partial charge in [0.05, 0.1) is 31.1 Å². The Labute approximate surface area is 213 Å². The highest BCUT2D eigenvalue weighted by Crippen LogP contribution is 2.47. The maximum Gasteiger partial charge on any atom is 0.367 e. The number of methoxy groups -OCH3 is 1. The second kappa shape index (κ2) is 12.9. The number of imide groups is 1. The summed E-state index contributed by atoms with van der Waals surface area (Å²) in [6, 6.07) is 12.1. The molecule has 36 heavy (non-hydrogen) atoms. The fraction of sp³-hybridized carbons (Fsp3) is 0.375. The summed E-state index contributed by atoms with van der Waals surface area (Å²) in [6.07, 6.45) is 0.0800. The van der Waals surface area contributed by atoms with Gasteiger partial charge in [-0.05, 0) is 55.7 Å². The van der Waals surface area contributed by atoms with Crippen LogP contribution in [0.15, 0.2) is 42.5 Å². The van der Waals surface area contributed by atoms with Crippen LogP contribution in [0.3, 0.4) is 0 Å². The first-order valence-electron chi connectivity index (χ1n) is 11.3. The van der Waals surface area contributed by atoms with Crippen LogP contribution in [0.4, 0.5) is 4.79 Å². The second-order valence-corrected chi connectivity index (χ2v) is 10.8. The van der Waals surface area contributed by atoms with Gasteiger partial charge in [-0.2, -0.15) is 0 Å². The second-order valence-electron chi connectivity index (χ2n) is 7.67. The molecule has 2 aromatic rings. The van der Waals surface area contributed by atoms with Gasteiger partial charge in [0.15, 0.2) is 6.35 Å². The summed E-state index contributed by atoms with van der Waals surface area (Å²) in [5.41, 5.74) is 1.80. The van der Waals surface area contributed by atoms with Crippen LogP contribution < -0.4 is 20.1 Å². The molecule has 194 valence electrons. The smallest absolute Gasteiger partial charge is 0.367 e. The maximum absolute atomic E-state index is 13.0. The number of ether oxygens (including phenoxy) is 2. The Kier molecular flexibility index (Phi) is 9.95. The van der Waals surface area contributed by atoms with Crippen molar-refractivity contribution in [1.29, 1.82) is 0 Å². The Morgan fingerprint density at radius 3 is 2.47 bits per heavy atom. The van der Waals surface area contributed by atoms with Crippen molar-refractivity contribution in [1.82, 2.24) is 10.6 Å². The minimum atomic E-state index is -3.35. The van der Waals surface area contributed by atoms with E-state index in [2.05, 4.69) is 10.6 Å². The quantitative estimate of drug-likeness (QED) is 0.363. The molecule has 0 saturated carbocycles. The van der Waals surface area contributed by atoms with Crippen molar-refractivity contribution >= 4 is 36.4 Å². The monoisotopic (exact) mass is 536 g/mol. The molecule has 1 aliphatic heterocycles. The summed E-state index contributed by atoms with van der Waals surface area (Å²) in [6.45, 7) is 4.13. The van der Waals surface area contributed by atoms with Gasteiger partial charge in [0, 0.05) is 6.54 Å². The third kappa shape index (κ3) is 7.57. The predicted octanol–water partition coefficient (Wildman–Crippen LogP) is 4.12. The van der Waals surface area contributed by atoms with Gasteiger partial charge in [-0.1, -0.05) is 30.0 Å². The molecule has 0 radical (unpaired) electrons. The van der Waals surface area contributed by atoms with Gasteiger partial charge in [-0.15, -0.1) is 0 Å². The van der Waals surface area contributed by atoms with Crippen molar-refractivity contribution in [2.45, 2.75) is 32.1 Å². The highest BCUT2D eigenvalue weighted by molar-refractivity contribution is 8.15. The van der Waals surface area contributed by atoms with E-state index in [-0.39, 0.29) is 43.2 Å². The lowest BCUT2D eigenvalue weighted by atomic mass is 10.0. The Hall–Kier alpha value is -2.85. The first kappa shape index (κ1) is 27.7. The molecular formula is C24H29N2O8PS. The lowest BCUT2D eigenvalue weighted by Gasteiger charge is -2.17. The predicted molar refractivity (Wildman–Crippen MR) is 136 cm³/mol. The van der Waals surface area contributed by atoms with E-state index >= 15 is 0 Å². The average Bonchev–Trinajstić information content (AvgIpc) is 3.18. The fourth-order valence-electron chi connectivity index (χ4n) is 3.48. The number of benzene rings is 2. The molecule has 1 aliphatic rings. The SMILES string of the molecule is CCOP(=O)(COc1cccc(CNC(=O)c2cc(CC3SC(=O)NC3=O)ccc2OC)c1)OCC. The number of amides is 3. The summed E-state index contributed by atoms with van der Waals surface area (Å²) in [5, 5.41) is 4.20. The van der Waals surface area contributed by atoms with E-state index in [0.29, 0.717) is 23.5 Å². The van der Waals surface area contributed by atoms with E-state index in [4.69, 9.17) is 18.5 Å². The van der Waals surface area contributed by atoms with Crippen LogP contribution in [0.25, 0.3) is 0 Å². The average molecular weight is 537 g/mol. The van der Waals surface area contributed by atoms with Gasteiger partial charge < -0.3 is 23.8 Å². The first-order valence-corrected chi connectivity index (χ1v) is 13.9. The zero-order valence-corrected chi connectivity index (χ0v) is 22.0. The van der Waals surface area contributed by atoms with E-state index in [9.17, 15) is 18.9 Å². The van der Waals surface area contributed by atoms with Crippen LogP contribution >= 0.6 is 19.4 Å². The summed E-state index contributed by atoms with van der Waals surface area (Å²) >= 11 is 0.936. The first-order chi connectivity index (χ1) is 17.3. The van der Waals surface area contributed by atoms with Crippen molar-refractivity contribution in [3.63, 3.8) is 0 Å². The molecule has 1 saturated heterocycles. The topological polar surface area (TPSA) is 129 Å². The lowest BCUT2D eigenvalue weighted by Crippen LogP contribution is -2.26. The molecule has 0 aromatic heterocycles. The lowest BCUT2D eigenvalue weighted by molar-refractivity contribution is -0.118. The van der Waals surface area contributed by atoms with Crippen molar-refractivity contribution in [3.8, 4) is 11.5 Å². The molecule has 1 fully saturated rings. The van der Waals surface area contributed by atoms with Crippen molar-refractivity contribution in [2.24, 2.45) is 0 Å². The molecule has 3 rings (SSSR count). The number of nitrogens with one attached hydrogen (secondary N) is 2. The number of hydrogen-bond donors (Lipinski definition) is 2. The van der Waals surface area contributed by atoms with Gasteiger partial charge in [-0.3, -0.25) is 24.3 Å². The van der Waals surface area contributed by atoms with Crippen molar-refractivity contribution in [2.75, 3.05) is 26.7 Å². The fourth-order valence-corrected chi connectivity index (χ4v) is 5.66. The Bertz CT molecular complexity index is 1150. The molecule has 0 spiro atoms. The highest BCUT2D eigenvalue weighted by Gasteiger charge is 2.31. The van der Waals surface area contributed by atoms with Crippen LogP contribution in [-0.2, 0) is 31.4 Å². The largest absolute Gasteiger partial charge is 0.496 e. The maximum atomic E-state index is 13.0. The molecule has 12 heteroatoms. The number of thioether (sulfide) groups is 1. The zero-order chi connectivity index (χ0) is 26.1. The van der Waals surface area contributed by atoms with Gasteiger partial charge in [-0.25, -0.2) is 0 Å². The van der Waals surface area contributed by atoms with Crippen LogP contribution in [0.2, 0.25) is 0 Å². The third-order valence-electron chi connectivity index (χ3n) is 5.09. The normalized spacial score (nSPS) is 15.5. The van der Waals surface area contributed by atoms with Gasteiger partial charge >= 0.3 is 7.60 Å². The standard InChI is InChI=1S/C24H29N2O8PS/c1-4-33-35(30,34-5-2)15-32-18-8-6-7-17(11-18)14-25-22(27)19-12-16(9-10-20(19)31-3)13-21-23(28)26-24(29)36-21/h6-12,21H,4-5,13-15H2,1-3H3,(H,25,27)(H,26,28,29). The van der Waals surface area contributed by atoms with E-state index in [1.165, 1.54) is 7.11 Å². The highest BCUT2D eigenvalue weighted by atomic mass is 32.2.